The maximum atomic E-state index is 12.6. The summed E-state index contributed by atoms with van der Waals surface area (Å²) in [6.07, 6.45) is -3.88. The Morgan fingerprint density at radius 1 is 1.37 bits per heavy atom. The van der Waals surface area contributed by atoms with Gasteiger partial charge in [-0.1, -0.05) is 22.7 Å². The number of alkyl halides is 3. The van der Waals surface area contributed by atoms with E-state index < -0.39 is 11.7 Å². The van der Waals surface area contributed by atoms with Gasteiger partial charge in [0, 0.05) is 5.38 Å². The minimum atomic E-state index is -4.31. The fraction of sp³-hybridized carbons (Fsp3) is 0.333. The monoisotopic (exact) mass is 287 g/mol. The molecule has 0 aliphatic heterocycles. The minimum Gasteiger partial charge on any atom is -0.311 e. The quantitative estimate of drug-likeness (QED) is 0.939. The Morgan fingerprint density at radius 2 is 2.16 bits per heavy atom. The van der Waals surface area contributed by atoms with Gasteiger partial charge in [0.2, 0.25) is 0 Å². The van der Waals surface area contributed by atoms with Crippen LogP contribution in [0.5, 0.6) is 0 Å². The van der Waals surface area contributed by atoms with Crippen LogP contribution in [-0.4, -0.2) is 16.6 Å². The van der Waals surface area contributed by atoms with Crippen molar-refractivity contribution in [1.82, 2.24) is 14.9 Å². The van der Waals surface area contributed by atoms with Crippen LogP contribution >= 0.6 is 11.5 Å². The van der Waals surface area contributed by atoms with Crippen LogP contribution in [0.1, 0.15) is 22.9 Å². The number of likely N-dealkylation sites (N-methyl/N-ethyl adjacent to an activating group) is 1. The van der Waals surface area contributed by atoms with Gasteiger partial charge >= 0.3 is 6.18 Å². The number of aromatic nitrogens is 2. The number of hydrogen-bond acceptors (Lipinski definition) is 4. The van der Waals surface area contributed by atoms with Crippen molar-refractivity contribution in [2.75, 3.05) is 7.05 Å². The van der Waals surface area contributed by atoms with Gasteiger partial charge < -0.3 is 5.32 Å². The van der Waals surface area contributed by atoms with E-state index in [2.05, 4.69) is 14.9 Å². The summed E-state index contributed by atoms with van der Waals surface area (Å²) in [7, 11) is 1.75. The number of halogens is 3. The van der Waals surface area contributed by atoms with Crippen LogP contribution in [0.3, 0.4) is 0 Å². The molecule has 1 heterocycles. The van der Waals surface area contributed by atoms with Crippen LogP contribution < -0.4 is 5.32 Å². The number of rotatable bonds is 4. The van der Waals surface area contributed by atoms with Crippen LogP contribution in [0.4, 0.5) is 13.2 Å². The van der Waals surface area contributed by atoms with Gasteiger partial charge in [-0.3, -0.25) is 0 Å². The van der Waals surface area contributed by atoms with Crippen LogP contribution in [0, 0.1) is 0 Å². The van der Waals surface area contributed by atoms with Gasteiger partial charge in [-0.25, -0.2) is 0 Å². The molecule has 1 atom stereocenters. The molecule has 1 N–H and O–H groups in total. The van der Waals surface area contributed by atoms with Gasteiger partial charge in [-0.05, 0) is 36.6 Å². The van der Waals surface area contributed by atoms with E-state index in [1.807, 2.05) is 0 Å². The summed E-state index contributed by atoms with van der Waals surface area (Å²) in [6.45, 7) is 0. The predicted molar refractivity (Wildman–Crippen MR) is 66.9 cm³/mol. The van der Waals surface area contributed by atoms with Crippen molar-refractivity contribution in [3.8, 4) is 0 Å². The lowest BCUT2D eigenvalue weighted by molar-refractivity contribution is -0.137. The van der Waals surface area contributed by atoms with E-state index in [9.17, 15) is 13.2 Å². The smallest absolute Gasteiger partial charge is 0.311 e. The van der Waals surface area contributed by atoms with Crippen molar-refractivity contribution in [2.45, 2.75) is 18.6 Å². The summed E-state index contributed by atoms with van der Waals surface area (Å²) in [6, 6.07) is 5.21. The Bertz CT molecular complexity index is 525. The molecule has 0 fully saturated rings. The molecule has 1 unspecified atom stereocenters. The van der Waals surface area contributed by atoms with Crippen molar-refractivity contribution in [2.24, 2.45) is 0 Å². The highest BCUT2D eigenvalue weighted by molar-refractivity contribution is 7.03. The number of nitrogens with one attached hydrogen (secondary N) is 1. The van der Waals surface area contributed by atoms with Crippen LogP contribution in [0.15, 0.2) is 29.6 Å². The second kappa shape index (κ2) is 5.66. The van der Waals surface area contributed by atoms with Gasteiger partial charge in [0.25, 0.3) is 0 Å². The lowest BCUT2D eigenvalue weighted by atomic mass is 10.0. The lowest BCUT2D eigenvalue weighted by Gasteiger charge is -2.14. The average molecular weight is 287 g/mol. The van der Waals surface area contributed by atoms with Crippen molar-refractivity contribution < 1.29 is 13.2 Å². The molecule has 0 radical (unpaired) electrons. The molecule has 19 heavy (non-hydrogen) atoms. The average Bonchev–Trinajstić information content (AvgIpc) is 2.89. The summed E-state index contributed by atoms with van der Waals surface area (Å²) >= 11 is 1.22. The number of nitrogens with zero attached hydrogens (tertiary/aromatic N) is 2. The second-order valence-electron chi connectivity index (χ2n) is 4.07. The summed E-state index contributed by atoms with van der Waals surface area (Å²) in [5.74, 6) is 0. The van der Waals surface area contributed by atoms with Crippen LogP contribution in [0.2, 0.25) is 0 Å². The van der Waals surface area contributed by atoms with E-state index in [-0.39, 0.29) is 6.04 Å². The molecule has 0 saturated heterocycles. The summed E-state index contributed by atoms with van der Waals surface area (Å²) in [5.41, 5.74) is 0.725. The Hall–Kier alpha value is -1.47. The highest BCUT2D eigenvalue weighted by atomic mass is 32.1. The molecule has 0 amide bonds. The highest BCUT2D eigenvalue weighted by Crippen LogP contribution is 2.30. The van der Waals surface area contributed by atoms with E-state index in [0.717, 1.165) is 11.8 Å². The first-order valence-electron chi connectivity index (χ1n) is 5.61. The molecule has 102 valence electrons. The molecular weight excluding hydrogens is 275 g/mol. The summed E-state index contributed by atoms with van der Waals surface area (Å²) in [5, 5.41) is 8.76. The van der Waals surface area contributed by atoms with Gasteiger partial charge in [-0.15, -0.1) is 5.10 Å². The Morgan fingerprint density at radius 3 is 2.74 bits per heavy atom. The first kappa shape index (κ1) is 14.0. The summed E-state index contributed by atoms with van der Waals surface area (Å²) < 4.78 is 41.6. The standard InChI is InChI=1S/C12H12F3N3S/c1-16-10(11-7-19-18-17-11)6-8-3-2-4-9(5-8)12(13,14)15/h2-5,7,10,16H,6H2,1H3. The predicted octanol–water partition coefficient (Wildman–Crippen LogP) is 3.06. The van der Waals surface area contributed by atoms with Gasteiger partial charge in [0.05, 0.1) is 17.3 Å². The molecule has 0 aliphatic carbocycles. The molecule has 7 heteroatoms. The Kier molecular flexibility index (Phi) is 4.16. The SMILES string of the molecule is CNC(Cc1cccc(C(F)(F)F)c1)c1csnn1. The van der Waals surface area contributed by atoms with E-state index in [1.54, 1.807) is 18.5 Å². The van der Waals surface area contributed by atoms with E-state index in [4.69, 9.17) is 0 Å². The van der Waals surface area contributed by atoms with Crippen molar-refractivity contribution in [1.29, 1.82) is 0 Å². The minimum absolute atomic E-state index is 0.137. The number of hydrogen-bond donors (Lipinski definition) is 1. The molecule has 0 spiro atoms. The molecule has 0 bridgehead atoms. The molecule has 1 aromatic heterocycles. The molecule has 0 saturated carbocycles. The largest absolute Gasteiger partial charge is 0.416 e. The van der Waals surface area contributed by atoms with Crippen LogP contribution in [0.25, 0.3) is 0 Å². The van der Waals surface area contributed by atoms with E-state index >= 15 is 0 Å². The zero-order valence-corrected chi connectivity index (χ0v) is 10.9. The Balaban J connectivity index is 2.19. The third kappa shape index (κ3) is 3.51. The normalized spacial score (nSPS) is 13.5. The lowest BCUT2D eigenvalue weighted by Crippen LogP contribution is -2.19. The molecule has 0 aliphatic rings. The maximum absolute atomic E-state index is 12.6. The van der Waals surface area contributed by atoms with Crippen molar-refractivity contribution >= 4 is 11.5 Å². The Labute approximate surface area is 112 Å². The summed E-state index contributed by atoms with van der Waals surface area (Å²) in [4.78, 5) is 0. The fourth-order valence-electron chi connectivity index (χ4n) is 1.79. The van der Waals surface area contributed by atoms with Crippen LogP contribution in [-0.2, 0) is 12.6 Å². The molecule has 2 rings (SSSR count). The second-order valence-corrected chi connectivity index (χ2v) is 4.68. The molecular formula is C12H12F3N3S. The molecule has 3 nitrogen and oxygen atoms in total. The van der Waals surface area contributed by atoms with Gasteiger partial charge in [0.15, 0.2) is 0 Å². The third-order valence-electron chi connectivity index (χ3n) is 2.78. The molecule has 2 aromatic rings. The van der Waals surface area contributed by atoms with Gasteiger partial charge in [0.1, 0.15) is 0 Å². The topological polar surface area (TPSA) is 37.8 Å². The number of benzene rings is 1. The third-order valence-corrected chi connectivity index (χ3v) is 3.30. The first-order chi connectivity index (χ1) is 9.00. The first-order valence-corrected chi connectivity index (χ1v) is 6.44. The fourth-order valence-corrected chi connectivity index (χ4v) is 2.30. The van der Waals surface area contributed by atoms with Crippen molar-refractivity contribution in [3.63, 3.8) is 0 Å². The zero-order chi connectivity index (χ0) is 13.9. The van der Waals surface area contributed by atoms with E-state index in [0.29, 0.717) is 12.0 Å². The maximum Gasteiger partial charge on any atom is 0.416 e. The van der Waals surface area contributed by atoms with Crippen molar-refractivity contribution in [3.05, 3.63) is 46.5 Å². The highest BCUT2D eigenvalue weighted by Gasteiger charge is 2.30. The van der Waals surface area contributed by atoms with Gasteiger partial charge in [-0.2, -0.15) is 13.2 Å². The van der Waals surface area contributed by atoms with E-state index in [1.165, 1.54) is 23.7 Å². The molecule has 1 aromatic carbocycles. The zero-order valence-electron chi connectivity index (χ0n) is 10.1.